The lowest BCUT2D eigenvalue weighted by Crippen LogP contribution is -2.31. The van der Waals surface area contributed by atoms with Crippen LogP contribution in [0.25, 0.3) is 0 Å². The van der Waals surface area contributed by atoms with Crippen LogP contribution in [0, 0.1) is 0 Å². The summed E-state index contributed by atoms with van der Waals surface area (Å²) in [6, 6.07) is 3.29. The molecule has 0 aromatic carbocycles. The number of rotatable bonds is 4. The van der Waals surface area contributed by atoms with Gasteiger partial charge in [0.25, 0.3) is 0 Å². The third-order valence-corrected chi connectivity index (χ3v) is 6.19. The van der Waals surface area contributed by atoms with Gasteiger partial charge in [-0.25, -0.2) is 0 Å². The van der Waals surface area contributed by atoms with Gasteiger partial charge in [0.05, 0.1) is 9.83 Å². The first kappa shape index (κ1) is 12.0. The fraction of sp³-hybridized carbons (Fsp3) is 0.600. The number of hydrogen-bond donors (Lipinski definition) is 1. The highest BCUT2D eigenvalue weighted by atomic mass is 79.9. The zero-order valence-corrected chi connectivity index (χ0v) is 12.5. The highest BCUT2D eigenvalue weighted by Gasteiger charge is 2.32. The van der Waals surface area contributed by atoms with Crippen molar-refractivity contribution in [3.8, 4) is 0 Å². The maximum atomic E-state index is 5.87. The zero-order chi connectivity index (χ0) is 11.0. The predicted octanol–water partition coefficient (Wildman–Crippen LogP) is 3.37. The summed E-state index contributed by atoms with van der Waals surface area (Å²) < 4.78 is 2.28. The van der Waals surface area contributed by atoms with E-state index in [1.165, 1.54) is 17.7 Å². The Hall–Kier alpha value is 0.580. The second kappa shape index (κ2) is 4.84. The largest absolute Gasteiger partial charge is 0.329 e. The van der Waals surface area contributed by atoms with Gasteiger partial charge in [0, 0.05) is 21.9 Å². The van der Waals surface area contributed by atoms with Crippen LogP contribution in [0.1, 0.15) is 23.8 Å². The molecule has 1 heterocycles. The van der Waals surface area contributed by atoms with Gasteiger partial charge < -0.3 is 5.73 Å². The molecule has 2 rings (SSSR count). The van der Waals surface area contributed by atoms with Crippen molar-refractivity contribution in [3.05, 3.63) is 19.2 Å². The summed E-state index contributed by atoms with van der Waals surface area (Å²) in [5, 5.41) is 0. The summed E-state index contributed by atoms with van der Waals surface area (Å²) in [4.78, 5) is 3.75. The molecule has 1 fully saturated rings. The van der Waals surface area contributed by atoms with E-state index in [1.807, 2.05) is 0 Å². The van der Waals surface area contributed by atoms with Crippen LogP contribution in [0.15, 0.2) is 14.3 Å². The lowest BCUT2D eigenvalue weighted by atomic mass is 10.2. The molecule has 15 heavy (non-hydrogen) atoms. The van der Waals surface area contributed by atoms with Crippen molar-refractivity contribution in [1.82, 2.24) is 4.90 Å². The monoisotopic (exact) mass is 352 g/mol. The molecule has 0 spiro atoms. The van der Waals surface area contributed by atoms with Crippen molar-refractivity contribution >= 4 is 43.2 Å². The fourth-order valence-electron chi connectivity index (χ4n) is 1.75. The summed E-state index contributed by atoms with van der Waals surface area (Å²) in [5.41, 5.74) is 5.87. The molecule has 0 radical (unpaired) electrons. The van der Waals surface area contributed by atoms with Crippen LogP contribution in [0.2, 0.25) is 0 Å². The molecule has 1 aromatic heterocycles. The van der Waals surface area contributed by atoms with Crippen molar-refractivity contribution < 1.29 is 0 Å². The minimum Gasteiger partial charge on any atom is -0.329 e. The number of thiophene rings is 1. The summed E-state index contributed by atoms with van der Waals surface area (Å²) >= 11 is 8.82. The third-order valence-electron chi connectivity index (χ3n) is 2.83. The van der Waals surface area contributed by atoms with Gasteiger partial charge in [0.1, 0.15) is 0 Å². The highest BCUT2D eigenvalue weighted by molar-refractivity contribution is 9.13. The molecule has 0 bridgehead atoms. The predicted molar refractivity (Wildman–Crippen MR) is 72.3 cm³/mol. The molecule has 1 aromatic rings. The summed E-state index contributed by atoms with van der Waals surface area (Å²) in [5.74, 6) is 0. The van der Waals surface area contributed by atoms with Crippen LogP contribution in [0.5, 0.6) is 0 Å². The fourth-order valence-corrected chi connectivity index (χ4v) is 4.00. The molecule has 1 aliphatic carbocycles. The van der Waals surface area contributed by atoms with Crippen LogP contribution >= 0.6 is 43.2 Å². The molecule has 0 aliphatic heterocycles. The Morgan fingerprint density at radius 2 is 2.27 bits per heavy atom. The van der Waals surface area contributed by atoms with E-state index in [2.05, 4.69) is 49.9 Å². The number of hydrogen-bond acceptors (Lipinski definition) is 3. The Kier molecular flexibility index (Phi) is 3.88. The van der Waals surface area contributed by atoms with E-state index >= 15 is 0 Å². The molecule has 1 unspecified atom stereocenters. The van der Waals surface area contributed by atoms with Crippen LogP contribution in [0.4, 0.5) is 0 Å². The molecule has 1 saturated carbocycles. The molecule has 0 saturated heterocycles. The van der Waals surface area contributed by atoms with Gasteiger partial charge >= 0.3 is 0 Å². The summed E-state index contributed by atoms with van der Waals surface area (Å²) in [6.45, 7) is 0.687. The van der Waals surface area contributed by atoms with Crippen LogP contribution in [0.3, 0.4) is 0 Å². The van der Waals surface area contributed by atoms with Crippen molar-refractivity contribution in [2.45, 2.75) is 24.9 Å². The lowest BCUT2D eigenvalue weighted by Gasteiger charge is -2.25. The average molecular weight is 354 g/mol. The Morgan fingerprint density at radius 1 is 1.60 bits per heavy atom. The van der Waals surface area contributed by atoms with Crippen LogP contribution < -0.4 is 5.73 Å². The van der Waals surface area contributed by atoms with E-state index in [1.54, 1.807) is 11.3 Å². The molecular formula is C10H14Br2N2S. The van der Waals surface area contributed by atoms with E-state index < -0.39 is 0 Å². The summed E-state index contributed by atoms with van der Waals surface area (Å²) in [7, 11) is 2.18. The highest BCUT2D eigenvalue weighted by Crippen LogP contribution is 2.39. The molecule has 2 nitrogen and oxygen atoms in total. The smallest absolute Gasteiger partial charge is 0.0843 e. The Balaban J connectivity index is 2.17. The van der Waals surface area contributed by atoms with Gasteiger partial charge in [0.15, 0.2) is 0 Å². The maximum absolute atomic E-state index is 5.87. The number of nitrogens with zero attached hydrogens (tertiary/aromatic N) is 1. The van der Waals surface area contributed by atoms with E-state index in [4.69, 9.17) is 5.73 Å². The van der Waals surface area contributed by atoms with E-state index in [0.29, 0.717) is 12.6 Å². The molecule has 1 aliphatic rings. The normalized spacial score (nSPS) is 18.5. The molecular weight excluding hydrogens is 340 g/mol. The van der Waals surface area contributed by atoms with Gasteiger partial charge in [-0.2, -0.15) is 0 Å². The average Bonchev–Trinajstić information content (AvgIpc) is 2.97. The minimum absolute atomic E-state index is 0.366. The minimum atomic E-state index is 0.366. The lowest BCUT2D eigenvalue weighted by molar-refractivity contribution is 0.243. The van der Waals surface area contributed by atoms with Crippen molar-refractivity contribution in [2.75, 3.05) is 13.6 Å². The van der Waals surface area contributed by atoms with Crippen molar-refractivity contribution in [3.63, 3.8) is 0 Å². The molecule has 2 N–H and O–H groups in total. The SMILES string of the molecule is CN(C1CC1)C(CN)c1cc(Br)c(Br)s1. The quantitative estimate of drug-likeness (QED) is 0.899. The van der Waals surface area contributed by atoms with Gasteiger partial charge in [-0.3, -0.25) is 4.90 Å². The standard InChI is InChI=1S/C10H14Br2N2S/c1-14(6-2-3-6)8(5-13)9-4-7(11)10(12)15-9/h4,6,8H,2-3,5,13H2,1H3. The second-order valence-electron chi connectivity index (χ2n) is 3.92. The molecule has 1 atom stereocenters. The molecule has 0 amide bonds. The van der Waals surface area contributed by atoms with Gasteiger partial charge in [-0.1, -0.05) is 0 Å². The zero-order valence-electron chi connectivity index (χ0n) is 8.54. The first-order valence-corrected chi connectivity index (χ1v) is 7.40. The number of likely N-dealkylation sites (N-methyl/N-ethyl adjacent to an activating group) is 1. The van der Waals surface area contributed by atoms with Crippen molar-refractivity contribution in [2.24, 2.45) is 5.73 Å². The topological polar surface area (TPSA) is 29.3 Å². The maximum Gasteiger partial charge on any atom is 0.0843 e. The van der Waals surface area contributed by atoms with Gasteiger partial charge in [-0.05, 0) is 57.8 Å². The Labute approximate surface area is 111 Å². The van der Waals surface area contributed by atoms with Gasteiger partial charge in [-0.15, -0.1) is 11.3 Å². The van der Waals surface area contributed by atoms with Crippen molar-refractivity contribution in [1.29, 1.82) is 0 Å². The number of nitrogens with two attached hydrogens (primary N) is 1. The van der Waals surface area contributed by atoms with E-state index in [9.17, 15) is 0 Å². The van der Waals surface area contributed by atoms with E-state index in [0.717, 1.165) is 14.3 Å². The number of halogens is 2. The molecule has 84 valence electrons. The first-order chi connectivity index (χ1) is 7.13. The first-order valence-electron chi connectivity index (χ1n) is 5.00. The van der Waals surface area contributed by atoms with E-state index in [-0.39, 0.29) is 0 Å². The van der Waals surface area contributed by atoms with Gasteiger partial charge in [0.2, 0.25) is 0 Å². The van der Waals surface area contributed by atoms with Crippen LogP contribution in [-0.4, -0.2) is 24.5 Å². The Bertz CT molecular complexity index is 330. The second-order valence-corrected chi connectivity index (χ2v) is 7.17. The molecule has 5 heteroatoms. The third kappa shape index (κ3) is 2.64. The van der Waals surface area contributed by atoms with Crippen LogP contribution in [-0.2, 0) is 0 Å². The summed E-state index contributed by atoms with van der Waals surface area (Å²) in [6.07, 6.45) is 2.64. The Morgan fingerprint density at radius 3 is 2.67 bits per heavy atom.